The Morgan fingerprint density at radius 1 is 0.429 bits per heavy atom. The van der Waals surface area contributed by atoms with Crippen molar-refractivity contribution in [1.82, 2.24) is 0 Å². The standard InChI is InChI=1S/2C20H30O8/c2*1-7-25-13(5)27-11(3)15-9-10-16(19(21)22)17(18(15)20(23)24)12(4)28-14(6)26-8-2/h2*9-14H,7-8H2,1-6H3,(H,21,22)(H,23,24). The molecule has 8 unspecified atom stereocenters. The van der Waals surface area contributed by atoms with Crippen LogP contribution in [0.1, 0.15) is 171 Å². The summed E-state index contributed by atoms with van der Waals surface area (Å²) in [6.45, 7) is 22.3. The molecule has 16 heteroatoms. The topological polar surface area (TPSA) is 223 Å². The zero-order valence-corrected chi connectivity index (χ0v) is 34.4. The van der Waals surface area contributed by atoms with Crippen LogP contribution in [-0.4, -0.2) is 95.9 Å². The summed E-state index contributed by atoms with van der Waals surface area (Å²) in [7, 11) is 0. The Bertz CT molecular complexity index is 1460. The SMILES string of the molecule is CCOC(C)OC(C)c1ccc(C(=O)O)c(C(C)OC(C)OCC)c1C(=O)O.CCOC(C)OC(C)c1ccc(C(=O)O)c(C(C)OC(C)OCC)c1C(=O)O. The molecule has 0 aliphatic heterocycles. The van der Waals surface area contributed by atoms with Crippen molar-refractivity contribution in [2.45, 2.75) is 133 Å². The molecule has 0 heterocycles. The molecule has 0 saturated carbocycles. The molecule has 2 aromatic rings. The first-order chi connectivity index (χ1) is 26.3. The number of carboxylic acid groups (broad SMARTS) is 4. The molecular formula is C40H60O16. The van der Waals surface area contributed by atoms with E-state index in [1.165, 1.54) is 24.3 Å². The highest BCUT2D eigenvalue weighted by Gasteiger charge is 2.31. The largest absolute Gasteiger partial charge is 0.478 e. The fourth-order valence-electron chi connectivity index (χ4n) is 6.17. The Kier molecular flexibility index (Phi) is 22.0. The first-order valence-electron chi connectivity index (χ1n) is 18.6. The van der Waals surface area contributed by atoms with E-state index in [1.54, 1.807) is 69.2 Å². The molecule has 0 aliphatic rings. The van der Waals surface area contributed by atoms with Crippen molar-refractivity contribution in [1.29, 1.82) is 0 Å². The smallest absolute Gasteiger partial charge is 0.336 e. The van der Waals surface area contributed by atoms with Crippen LogP contribution >= 0.6 is 0 Å². The van der Waals surface area contributed by atoms with Gasteiger partial charge in [-0.2, -0.15) is 0 Å². The summed E-state index contributed by atoms with van der Waals surface area (Å²) < 4.78 is 44.2. The Morgan fingerprint density at radius 3 is 0.893 bits per heavy atom. The molecule has 16 nitrogen and oxygen atoms in total. The molecule has 0 saturated heterocycles. The van der Waals surface area contributed by atoms with E-state index in [1.807, 2.05) is 13.8 Å². The monoisotopic (exact) mass is 796 g/mol. The number of carboxylic acids is 4. The Hall–Kier alpha value is -4.00. The van der Waals surface area contributed by atoms with Crippen molar-refractivity contribution in [3.63, 3.8) is 0 Å². The van der Waals surface area contributed by atoms with Crippen LogP contribution in [0.3, 0.4) is 0 Å². The quantitative estimate of drug-likeness (QED) is 0.0738. The lowest BCUT2D eigenvalue weighted by Gasteiger charge is -2.26. The van der Waals surface area contributed by atoms with Crippen LogP contribution in [0.15, 0.2) is 24.3 Å². The molecule has 2 aromatic carbocycles. The van der Waals surface area contributed by atoms with E-state index in [9.17, 15) is 39.6 Å². The van der Waals surface area contributed by atoms with Gasteiger partial charge >= 0.3 is 23.9 Å². The van der Waals surface area contributed by atoms with Gasteiger partial charge in [-0.1, -0.05) is 12.1 Å². The Balaban J connectivity index is 0.000000560. The highest BCUT2D eigenvalue weighted by atomic mass is 16.7. The average Bonchev–Trinajstić information content (AvgIpc) is 3.10. The zero-order chi connectivity index (χ0) is 42.9. The predicted octanol–water partition coefficient (Wildman–Crippen LogP) is 8.01. The van der Waals surface area contributed by atoms with E-state index >= 15 is 0 Å². The Labute approximate surface area is 328 Å². The van der Waals surface area contributed by atoms with E-state index in [2.05, 4.69) is 0 Å². The molecule has 0 amide bonds. The van der Waals surface area contributed by atoms with Crippen LogP contribution in [0, 0.1) is 0 Å². The number of hydrogen-bond acceptors (Lipinski definition) is 12. The fourth-order valence-corrected chi connectivity index (χ4v) is 6.17. The maximum absolute atomic E-state index is 12.1. The molecule has 0 fully saturated rings. The van der Waals surface area contributed by atoms with E-state index < -0.39 is 73.5 Å². The third kappa shape index (κ3) is 14.8. The zero-order valence-electron chi connectivity index (χ0n) is 34.4. The minimum atomic E-state index is -1.26. The van der Waals surface area contributed by atoms with Crippen LogP contribution < -0.4 is 0 Å². The van der Waals surface area contributed by atoms with Crippen molar-refractivity contribution < 1.29 is 77.5 Å². The van der Waals surface area contributed by atoms with Crippen molar-refractivity contribution >= 4 is 23.9 Å². The normalized spacial score (nSPS) is 15.6. The van der Waals surface area contributed by atoms with Gasteiger partial charge in [-0.15, -0.1) is 0 Å². The molecule has 2 rings (SSSR count). The van der Waals surface area contributed by atoms with Gasteiger partial charge in [0.25, 0.3) is 0 Å². The highest BCUT2D eigenvalue weighted by Crippen LogP contribution is 2.35. The highest BCUT2D eigenvalue weighted by molar-refractivity contribution is 5.99. The van der Waals surface area contributed by atoms with Gasteiger partial charge in [-0.05, 0) is 106 Å². The molecule has 0 aromatic heterocycles. The van der Waals surface area contributed by atoms with Crippen LogP contribution in [0.25, 0.3) is 0 Å². The third-order valence-corrected chi connectivity index (χ3v) is 8.32. The maximum Gasteiger partial charge on any atom is 0.336 e. The summed E-state index contributed by atoms with van der Waals surface area (Å²) in [6.07, 6.45) is -5.26. The lowest BCUT2D eigenvalue weighted by molar-refractivity contribution is -0.156. The van der Waals surface area contributed by atoms with Crippen LogP contribution in [0.2, 0.25) is 0 Å². The first-order valence-corrected chi connectivity index (χ1v) is 18.6. The summed E-state index contributed by atoms with van der Waals surface area (Å²) in [5, 5.41) is 38.9. The minimum Gasteiger partial charge on any atom is -0.478 e. The number of aromatic carboxylic acids is 4. The van der Waals surface area contributed by atoms with Gasteiger partial charge in [0, 0.05) is 37.6 Å². The lowest BCUT2D eigenvalue weighted by Crippen LogP contribution is -2.23. The lowest BCUT2D eigenvalue weighted by atomic mass is 9.90. The van der Waals surface area contributed by atoms with Gasteiger partial charge in [0.05, 0.1) is 46.7 Å². The van der Waals surface area contributed by atoms with Crippen molar-refractivity contribution in [2.24, 2.45) is 0 Å². The molecule has 0 bridgehead atoms. The number of carbonyl (C=O) groups is 4. The summed E-state index contributed by atoms with van der Waals surface area (Å²) >= 11 is 0. The Morgan fingerprint density at radius 2 is 0.679 bits per heavy atom. The molecular weight excluding hydrogens is 736 g/mol. The van der Waals surface area contributed by atoms with Crippen molar-refractivity contribution in [2.75, 3.05) is 26.4 Å². The van der Waals surface area contributed by atoms with Crippen molar-refractivity contribution in [3.05, 3.63) is 68.8 Å². The summed E-state index contributed by atoms with van der Waals surface area (Å²) in [6, 6.07) is 5.66. The molecule has 0 aliphatic carbocycles. The molecule has 4 N–H and O–H groups in total. The van der Waals surface area contributed by atoms with Gasteiger partial charge in [-0.25, -0.2) is 19.2 Å². The van der Waals surface area contributed by atoms with Gasteiger partial charge in [0.1, 0.15) is 0 Å². The number of benzene rings is 2. The van der Waals surface area contributed by atoms with Crippen molar-refractivity contribution in [3.8, 4) is 0 Å². The molecule has 0 spiro atoms. The van der Waals surface area contributed by atoms with E-state index in [0.29, 0.717) is 37.6 Å². The van der Waals surface area contributed by atoms with Crippen LogP contribution in [0.5, 0.6) is 0 Å². The second-order valence-electron chi connectivity index (χ2n) is 12.4. The van der Waals surface area contributed by atoms with Crippen LogP contribution in [-0.2, 0) is 37.9 Å². The summed E-state index contributed by atoms with van der Waals surface area (Å²) in [5.74, 6) is -4.99. The van der Waals surface area contributed by atoms with Crippen LogP contribution in [0.4, 0.5) is 0 Å². The fraction of sp³-hybridized carbons (Fsp3) is 0.600. The first kappa shape index (κ1) is 50.0. The second-order valence-corrected chi connectivity index (χ2v) is 12.4. The molecule has 316 valence electrons. The minimum absolute atomic E-state index is 0.0727. The molecule has 8 atom stereocenters. The number of rotatable bonds is 24. The predicted molar refractivity (Wildman–Crippen MR) is 203 cm³/mol. The third-order valence-electron chi connectivity index (χ3n) is 8.32. The van der Waals surface area contributed by atoms with Gasteiger partial charge < -0.3 is 58.3 Å². The average molecular weight is 797 g/mol. The second kappa shape index (κ2) is 24.6. The molecule has 56 heavy (non-hydrogen) atoms. The van der Waals surface area contributed by atoms with E-state index in [0.717, 1.165) is 0 Å². The summed E-state index contributed by atoms with van der Waals surface area (Å²) in [4.78, 5) is 47.6. The van der Waals surface area contributed by atoms with Gasteiger partial charge in [0.15, 0.2) is 25.2 Å². The van der Waals surface area contributed by atoms with E-state index in [4.69, 9.17) is 37.9 Å². The summed E-state index contributed by atoms with van der Waals surface area (Å²) in [5.41, 5.74) is 0.272. The van der Waals surface area contributed by atoms with E-state index in [-0.39, 0.29) is 33.4 Å². The number of ether oxygens (including phenoxy) is 8. The van der Waals surface area contributed by atoms with Gasteiger partial charge in [-0.3, -0.25) is 0 Å². The molecule has 0 radical (unpaired) electrons. The maximum atomic E-state index is 12.1. The van der Waals surface area contributed by atoms with Gasteiger partial charge in [0.2, 0.25) is 0 Å². The number of hydrogen-bond donors (Lipinski definition) is 4.